The van der Waals surface area contributed by atoms with Gasteiger partial charge in [0.25, 0.3) is 5.91 Å². The lowest BCUT2D eigenvalue weighted by molar-refractivity contribution is -0.148. The van der Waals surface area contributed by atoms with Gasteiger partial charge in [-0.05, 0) is 44.7 Å². The van der Waals surface area contributed by atoms with Gasteiger partial charge in [-0.1, -0.05) is 56.5 Å². The molecular weight excluding hydrogens is 458 g/mol. The summed E-state index contributed by atoms with van der Waals surface area (Å²) in [6.07, 6.45) is 6.08. The molecule has 3 rings (SSSR count). The summed E-state index contributed by atoms with van der Waals surface area (Å²) in [6, 6.07) is 9.41. The Balaban J connectivity index is 1.60. The van der Waals surface area contributed by atoms with Crippen molar-refractivity contribution in [3.05, 3.63) is 59.4 Å². The van der Waals surface area contributed by atoms with Crippen LogP contribution in [0.1, 0.15) is 78.8 Å². The number of unbranched alkanes of at least 4 members (excludes halogenated alkanes) is 1. The quantitative estimate of drug-likeness (QED) is 0.344. The first-order valence-electron chi connectivity index (χ1n) is 12.9. The van der Waals surface area contributed by atoms with Crippen molar-refractivity contribution in [2.75, 3.05) is 6.61 Å². The summed E-state index contributed by atoms with van der Waals surface area (Å²) < 4.78 is 7.18. The van der Waals surface area contributed by atoms with Crippen molar-refractivity contribution in [3.63, 3.8) is 0 Å². The number of amides is 2. The van der Waals surface area contributed by atoms with Gasteiger partial charge in [0.1, 0.15) is 11.7 Å². The molecule has 0 spiro atoms. The molecule has 2 amide bonds. The fraction of sp³-hybridized carbons (Fsp3) is 0.500. The van der Waals surface area contributed by atoms with E-state index in [0.29, 0.717) is 37.1 Å². The third kappa shape index (κ3) is 7.06. The molecule has 0 aliphatic heterocycles. The normalized spacial score (nSPS) is 17.9. The third-order valence-electron chi connectivity index (χ3n) is 6.66. The molecule has 1 aliphatic carbocycles. The molecule has 3 atom stereocenters. The molecule has 0 saturated heterocycles. The monoisotopic (exact) mass is 495 g/mol. The molecule has 0 bridgehead atoms. The van der Waals surface area contributed by atoms with Crippen molar-refractivity contribution >= 4 is 23.6 Å². The maximum Gasteiger partial charge on any atom is 0.311 e. The standard InChI is InChI=1S/C28H37N3O5/c1-4-6-14-23(30-27(34)24-16-19(3)17-31(24)5-2)26(33)29-22-15-10-13-21(22)28(35)36-18-25(32)20-11-8-7-9-12-20/h7-9,11-12,16-17,21-23H,4-6,10,13-15,18H2,1-3H3,(H,29,33)(H,30,34)/t21-,22+,23+/m1/s1. The van der Waals surface area contributed by atoms with Gasteiger partial charge in [0.2, 0.25) is 5.91 Å². The number of benzene rings is 1. The Bertz CT molecular complexity index is 1060. The van der Waals surface area contributed by atoms with Crippen LogP contribution in [-0.4, -0.2) is 46.8 Å². The number of Topliss-reactive ketones (excluding diaryl/α,β-unsaturated/α-hetero) is 1. The zero-order valence-electron chi connectivity index (χ0n) is 21.4. The van der Waals surface area contributed by atoms with Crippen LogP contribution in [0.3, 0.4) is 0 Å². The van der Waals surface area contributed by atoms with Crippen molar-refractivity contribution in [2.45, 2.75) is 77.9 Å². The van der Waals surface area contributed by atoms with Crippen molar-refractivity contribution in [1.82, 2.24) is 15.2 Å². The van der Waals surface area contributed by atoms with Crippen molar-refractivity contribution < 1.29 is 23.9 Å². The van der Waals surface area contributed by atoms with E-state index in [2.05, 4.69) is 10.6 Å². The predicted molar refractivity (Wildman–Crippen MR) is 137 cm³/mol. The van der Waals surface area contributed by atoms with Crippen LogP contribution in [0.4, 0.5) is 0 Å². The smallest absolute Gasteiger partial charge is 0.311 e. The van der Waals surface area contributed by atoms with Crippen LogP contribution in [-0.2, 0) is 20.9 Å². The topological polar surface area (TPSA) is 106 Å². The van der Waals surface area contributed by atoms with Crippen LogP contribution in [0.5, 0.6) is 0 Å². The first kappa shape index (κ1) is 27.2. The lowest BCUT2D eigenvalue weighted by Gasteiger charge is -2.24. The van der Waals surface area contributed by atoms with Crippen molar-refractivity contribution in [2.24, 2.45) is 5.92 Å². The summed E-state index contributed by atoms with van der Waals surface area (Å²) in [6.45, 7) is 6.25. The number of nitrogens with one attached hydrogen (secondary N) is 2. The number of ether oxygens (including phenoxy) is 1. The summed E-state index contributed by atoms with van der Waals surface area (Å²) in [5, 5.41) is 5.88. The van der Waals surface area contributed by atoms with Gasteiger partial charge in [-0.15, -0.1) is 0 Å². The number of carbonyl (C=O) groups excluding carboxylic acids is 4. The number of esters is 1. The van der Waals surface area contributed by atoms with Gasteiger partial charge in [0.15, 0.2) is 12.4 Å². The lowest BCUT2D eigenvalue weighted by Crippen LogP contribution is -2.51. The minimum absolute atomic E-state index is 0.267. The Morgan fingerprint density at radius 2 is 1.86 bits per heavy atom. The van der Waals surface area contributed by atoms with Crippen LogP contribution in [0.25, 0.3) is 0 Å². The largest absolute Gasteiger partial charge is 0.457 e. The highest BCUT2D eigenvalue weighted by molar-refractivity contribution is 5.98. The van der Waals surface area contributed by atoms with Crippen molar-refractivity contribution in [3.8, 4) is 0 Å². The summed E-state index contributed by atoms with van der Waals surface area (Å²) >= 11 is 0. The maximum atomic E-state index is 13.2. The molecule has 1 aromatic carbocycles. The molecule has 2 aromatic rings. The van der Waals surface area contributed by atoms with Crippen LogP contribution in [0.2, 0.25) is 0 Å². The molecule has 1 heterocycles. The van der Waals surface area contributed by atoms with Gasteiger partial charge in [-0.3, -0.25) is 19.2 Å². The summed E-state index contributed by atoms with van der Waals surface area (Å²) in [7, 11) is 0. The van der Waals surface area contributed by atoms with E-state index in [-0.39, 0.29) is 30.2 Å². The van der Waals surface area contributed by atoms with Gasteiger partial charge in [0, 0.05) is 24.3 Å². The Morgan fingerprint density at radius 3 is 2.56 bits per heavy atom. The Hall–Kier alpha value is -3.42. The second-order valence-corrected chi connectivity index (χ2v) is 9.41. The van der Waals surface area contributed by atoms with E-state index in [1.165, 1.54) is 0 Å². The molecule has 1 aliphatic rings. The van der Waals surface area contributed by atoms with Gasteiger partial charge in [0.05, 0.1) is 5.92 Å². The number of aryl methyl sites for hydroxylation is 2. The van der Waals surface area contributed by atoms with E-state index >= 15 is 0 Å². The minimum atomic E-state index is -0.699. The molecule has 8 nitrogen and oxygen atoms in total. The number of carbonyl (C=O) groups is 4. The summed E-state index contributed by atoms with van der Waals surface area (Å²) in [5.41, 5.74) is 1.99. The first-order chi connectivity index (χ1) is 17.3. The zero-order chi connectivity index (χ0) is 26.1. The summed E-state index contributed by atoms with van der Waals surface area (Å²) in [5.74, 6) is -1.85. The molecule has 1 saturated carbocycles. The SMILES string of the molecule is CCCC[C@H](NC(=O)c1cc(C)cn1CC)C(=O)N[C@H]1CCC[C@H]1C(=O)OCC(=O)c1ccccc1. The molecule has 0 radical (unpaired) electrons. The molecule has 8 heteroatoms. The first-order valence-corrected chi connectivity index (χ1v) is 12.9. The Labute approximate surface area is 212 Å². The zero-order valence-corrected chi connectivity index (χ0v) is 21.4. The van der Waals surface area contributed by atoms with E-state index in [9.17, 15) is 19.2 Å². The Morgan fingerprint density at radius 1 is 1.11 bits per heavy atom. The molecule has 194 valence electrons. The predicted octanol–water partition coefficient (Wildman–Crippen LogP) is 3.82. The van der Waals surface area contributed by atoms with E-state index in [4.69, 9.17) is 4.74 Å². The number of ketones is 1. The van der Waals surface area contributed by atoms with E-state index in [0.717, 1.165) is 24.8 Å². The highest BCUT2D eigenvalue weighted by atomic mass is 16.5. The lowest BCUT2D eigenvalue weighted by atomic mass is 10.0. The van der Waals surface area contributed by atoms with Gasteiger partial charge in [-0.25, -0.2) is 0 Å². The molecule has 0 unspecified atom stereocenters. The average Bonchev–Trinajstić information content (AvgIpc) is 3.51. The fourth-order valence-electron chi connectivity index (χ4n) is 4.67. The minimum Gasteiger partial charge on any atom is -0.457 e. The third-order valence-corrected chi connectivity index (χ3v) is 6.66. The molecule has 2 N–H and O–H groups in total. The highest BCUT2D eigenvalue weighted by Gasteiger charge is 2.37. The van der Waals surface area contributed by atoms with Crippen LogP contribution in [0, 0.1) is 12.8 Å². The molecular formula is C28H37N3O5. The maximum absolute atomic E-state index is 13.2. The number of nitrogens with zero attached hydrogens (tertiary/aromatic N) is 1. The highest BCUT2D eigenvalue weighted by Crippen LogP contribution is 2.27. The fourth-order valence-corrected chi connectivity index (χ4v) is 4.67. The Kier molecular flexibility index (Phi) is 9.85. The number of rotatable bonds is 12. The van der Waals surface area contributed by atoms with E-state index in [1.807, 2.05) is 43.7 Å². The number of aromatic nitrogens is 1. The van der Waals surface area contributed by atoms with E-state index in [1.54, 1.807) is 24.3 Å². The second-order valence-electron chi connectivity index (χ2n) is 9.41. The van der Waals surface area contributed by atoms with Crippen LogP contribution >= 0.6 is 0 Å². The average molecular weight is 496 g/mol. The van der Waals surface area contributed by atoms with Crippen molar-refractivity contribution in [1.29, 1.82) is 0 Å². The molecule has 36 heavy (non-hydrogen) atoms. The molecule has 1 aromatic heterocycles. The van der Waals surface area contributed by atoms with Crippen LogP contribution < -0.4 is 10.6 Å². The number of hydrogen-bond donors (Lipinski definition) is 2. The van der Waals surface area contributed by atoms with Crippen LogP contribution in [0.15, 0.2) is 42.6 Å². The van der Waals surface area contributed by atoms with Gasteiger partial charge >= 0.3 is 5.97 Å². The second kappa shape index (κ2) is 13.0. The van der Waals surface area contributed by atoms with E-state index < -0.39 is 17.9 Å². The van der Waals surface area contributed by atoms with Gasteiger partial charge in [-0.2, -0.15) is 0 Å². The van der Waals surface area contributed by atoms with Gasteiger partial charge < -0.3 is 19.9 Å². The molecule has 1 fully saturated rings. The number of hydrogen-bond acceptors (Lipinski definition) is 5. The summed E-state index contributed by atoms with van der Waals surface area (Å²) in [4.78, 5) is 51.2.